The van der Waals surface area contributed by atoms with E-state index in [1.807, 2.05) is 22.9 Å². The van der Waals surface area contributed by atoms with Crippen molar-refractivity contribution >= 4 is 26.9 Å². The molecule has 0 fully saturated rings. The summed E-state index contributed by atoms with van der Waals surface area (Å²) < 4.78 is 38.9. The summed E-state index contributed by atoms with van der Waals surface area (Å²) in [5.74, 6) is -0.733. The van der Waals surface area contributed by atoms with Crippen molar-refractivity contribution in [1.82, 2.24) is 9.03 Å². The Kier molecular flexibility index (Phi) is 5.87. The molecule has 0 radical (unpaired) electrons. The predicted octanol–water partition coefficient (Wildman–Crippen LogP) is 1.53. The van der Waals surface area contributed by atoms with Gasteiger partial charge in [-0.15, -0.1) is 0 Å². The average molecular weight is 366 g/mol. The summed E-state index contributed by atoms with van der Waals surface area (Å²) in [6, 6.07) is 15.0. The fourth-order valence-corrected chi connectivity index (χ4v) is 3.32. The van der Waals surface area contributed by atoms with Crippen molar-refractivity contribution in [2.45, 2.75) is 11.4 Å². The Morgan fingerprint density at radius 1 is 1.08 bits per heavy atom. The number of nitrogens with one attached hydrogen (secondary N) is 1. The summed E-state index contributed by atoms with van der Waals surface area (Å²) in [5.41, 5.74) is 0.994. The van der Waals surface area contributed by atoms with Crippen LogP contribution in [-0.4, -0.2) is 36.1 Å². The Morgan fingerprint density at radius 2 is 1.67 bits per heavy atom. The fraction of sp³-hybridized carbons (Fsp3) is 0.188. The first-order valence-corrected chi connectivity index (χ1v) is 10.1. The molecule has 0 spiro atoms. The second-order valence-electron chi connectivity index (χ2n) is 5.16. The van der Waals surface area contributed by atoms with Gasteiger partial charge in [-0.1, -0.05) is 30.3 Å². The van der Waals surface area contributed by atoms with Crippen LogP contribution in [0.3, 0.4) is 0 Å². The molecule has 1 atom stereocenters. The summed E-state index contributed by atoms with van der Waals surface area (Å²) >= 11 is 0. The van der Waals surface area contributed by atoms with E-state index in [9.17, 15) is 17.4 Å². The van der Waals surface area contributed by atoms with Gasteiger partial charge in [0.15, 0.2) is 0 Å². The van der Waals surface area contributed by atoms with Crippen molar-refractivity contribution in [2.75, 3.05) is 13.3 Å². The largest absolute Gasteiger partial charge is 0.304 e. The van der Waals surface area contributed by atoms with Crippen LogP contribution in [0.25, 0.3) is 0 Å². The van der Waals surface area contributed by atoms with Gasteiger partial charge in [0, 0.05) is 41.1 Å². The van der Waals surface area contributed by atoms with Crippen molar-refractivity contribution in [3.63, 3.8) is 0 Å². The first kappa shape index (κ1) is 18.3. The number of rotatable bonds is 6. The molecule has 0 saturated heterocycles. The van der Waals surface area contributed by atoms with E-state index in [2.05, 4.69) is 0 Å². The van der Waals surface area contributed by atoms with Crippen LogP contribution in [0.15, 0.2) is 59.5 Å². The maximum atomic E-state index is 12.2. The zero-order valence-electron chi connectivity index (χ0n) is 13.3. The van der Waals surface area contributed by atoms with Crippen molar-refractivity contribution in [2.24, 2.45) is 0 Å². The van der Waals surface area contributed by atoms with E-state index in [4.69, 9.17) is 0 Å². The molecule has 0 aliphatic carbocycles. The smallest absolute Gasteiger partial charge is 0.268 e. The molecular weight excluding hydrogens is 348 g/mol. The Hall–Kier alpha value is -2.03. The topological polar surface area (TPSA) is 83.6 Å². The van der Waals surface area contributed by atoms with Crippen molar-refractivity contribution in [1.29, 1.82) is 0 Å². The van der Waals surface area contributed by atoms with Crippen molar-refractivity contribution < 1.29 is 17.4 Å². The third kappa shape index (κ3) is 4.73. The monoisotopic (exact) mass is 366 g/mol. The van der Waals surface area contributed by atoms with E-state index in [-0.39, 0.29) is 12.1 Å². The normalized spacial score (nSPS) is 12.8. The van der Waals surface area contributed by atoms with Gasteiger partial charge in [0.05, 0.1) is 0 Å². The van der Waals surface area contributed by atoms with Gasteiger partial charge in [0.2, 0.25) is 0 Å². The van der Waals surface area contributed by atoms with Gasteiger partial charge in [-0.2, -0.15) is 12.7 Å². The molecule has 2 rings (SSSR count). The Morgan fingerprint density at radius 3 is 2.21 bits per heavy atom. The van der Waals surface area contributed by atoms with Gasteiger partial charge < -0.3 is 0 Å². The van der Waals surface area contributed by atoms with Crippen LogP contribution in [0.5, 0.6) is 0 Å². The van der Waals surface area contributed by atoms with Gasteiger partial charge in [0.1, 0.15) is 0 Å². The summed E-state index contributed by atoms with van der Waals surface area (Å²) in [5, 5.41) is 0. The summed E-state index contributed by atoms with van der Waals surface area (Å²) in [6.45, 7) is 0.150. The molecule has 128 valence electrons. The van der Waals surface area contributed by atoms with E-state index in [1.165, 1.54) is 37.6 Å². The standard InChI is InChI=1S/C16H18N2O4S2/c1-18(12-13-6-4-3-5-7-13)24(21,22)17-16(19)14-8-10-15(11-9-14)23(2)20/h3-11H,12H2,1-2H3,(H,17,19)/t23-/m1/s1. The molecule has 0 heterocycles. The zero-order chi connectivity index (χ0) is 17.7. The number of hydrogen-bond donors (Lipinski definition) is 1. The SMILES string of the molecule is CN(Cc1ccccc1)S(=O)(=O)NC(=O)c1ccc([S@@](C)=O)cc1. The molecule has 0 saturated carbocycles. The van der Waals surface area contributed by atoms with E-state index in [1.54, 1.807) is 12.1 Å². The fourth-order valence-electron chi connectivity index (χ4n) is 1.98. The Bertz CT molecular complexity index is 834. The van der Waals surface area contributed by atoms with Gasteiger partial charge in [-0.3, -0.25) is 9.00 Å². The molecule has 2 aromatic carbocycles. The van der Waals surface area contributed by atoms with Crippen LogP contribution < -0.4 is 4.72 Å². The van der Waals surface area contributed by atoms with Crippen molar-refractivity contribution in [3.05, 3.63) is 65.7 Å². The number of carbonyl (C=O) groups is 1. The minimum Gasteiger partial charge on any atom is -0.268 e. The third-order valence-corrected chi connectivity index (χ3v) is 5.66. The second kappa shape index (κ2) is 7.69. The lowest BCUT2D eigenvalue weighted by molar-refractivity contribution is 0.0979. The molecule has 24 heavy (non-hydrogen) atoms. The zero-order valence-corrected chi connectivity index (χ0v) is 14.9. The van der Waals surface area contributed by atoms with E-state index >= 15 is 0 Å². The van der Waals surface area contributed by atoms with E-state index < -0.39 is 26.9 Å². The molecule has 0 unspecified atom stereocenters. The highest BCUT2D eigenvalue weighted by Crippen LogP contribution is 2.10. The van der Waals surface area contributed by atoms with Crippen LogP contribution in [0.2, 0.25) is 0 Å². The maximum Gasteiger partial charge on any atom is 0.304 e. The first-order chi connectivity index (χ1) is 11.3. The minimum atomic E-state index is -3.96. The van der Waals surface area contributed by atoms with E-state index in [0.717, 1.165) is 9.87 Å². The van der Waals surface area contributed by atoms with Crippen LogP contribution in [0, 0.1) is 0 Å². The molecule has 0 aliphatic heterocycles. The lowest BCUT2D eigenvalue weighted by Gasteiger charge is -2.17. The maximum absolute atomic E-state index is 12.2. The molecule has 2 aromatic rings. The quantitative estimate of drug-likeness (QED) is 0.840. The van der Waals surface area contributed by atoms with Crippen LogP contribution in [-0.2, 0) is 27.6 Å². The van der Waals surface area contributed by atoms with E-state index in [0.29, 0.717) is 4.90 Å². The molecule has 6 nitrogen and oxygen atoms in total. The predicted molar refractivity (Wildman–Crippen MR) is 93.1 cm³/mol. The molecule has 8 heteroatoms. The second-order valence-corrected chi connectivity index (χ2v) is 8.31. The lowest BCUT2D eigenvalue weighted by atomic mass is 10.2. The van der Waals surface area contributed by atoms with Gasteiger partial charge >= 0.3 is 10.2 Å². The molecule has 1 amide bonds. The third-order valence-electron chi connectivity index (χ3n) is 3.33. The van der Waals surface area contributed by atoms with Gasteiger partial charge in [0.25, 0.3) is 5.91 Å². The van der Waals surface area contributed by atoms with Crippen LogP contribution in [0.1, 0.15) is 15.9 Å². The highest BCUT2D eigenvalue weighted by atomic mass is 32.2. The van der Waals surface area contributed by atoms with Gasteiger partial charge in [-0.05, 0) is 29.8 Å². The summed E-state index contributed by atoms with van der Waals surface area (Å²) in [4.78, 5) is 12.7. The van der Waals surface area contributed by atoms with Gasteiger partial charge in [-0.25, -0.2) is 4.72 Å². The highest BCUT2D eigenvalue weighted by molar-refractivity contribution is 7.87. The molecule has 1 N–H and O–H groups in total. The number of carbonyl (C=O) groups excluding carboxylic acids is 1. The molecular formula is C16H18N2O4S2. The number of benzene rings is 2. The van der Waals surface area contributed by atoms with Crippen LogP contribution >= 0.6 is 0 Å². The number of amides is 1. The van der Waals surface area contributed by atoms with Crippen molar-refractivity contribution in [3.8, 4) is 0 Å². The van der Waals surface area contributed by atoms with Crippen LogP contribution in [0.4, 0.5) is 0 Å². The minimum absolute atomic E-state index is 0.150. The lowest BCUT2D eigenvalue weighted by Crippen LogP contribution is -2.41. The average Bonchev–Trinajstić information content (AvgIpc) is 2.55. The summed E-state index contributed by atoms with van der Waals surface area (Å²) in [6.07, 6.45) is 1.53. The Labute approximate surface area is 144 Å². The molecule has 0 bridgehead atoms. The molecule has 0 aromatic heterocycles. The number of nitrogens with zero attached hydrogens (tertiary/aromatic N) is 1. The first-order valence-electron chi connectivity index (χ1n) is 7.05. The highest BCUT2D eigenvalue weighted by Gasteiger charge is 2.21. The Balaban J connectivity index is 2.07. The summed E-state index contributed by atoms with van der Waals surface area (Å²) in [7, 11) is -3.72. The molecule has 0 aliphatic rings. The number of hydrogen-bond acceptors (Lipinski definition) is 4.